The van der Waals surface area contributed by atoms with Crippen LogP contribution in [0.4, 0.5) is 0 Å². The largest absolute Gasteiger partial charge is 0.490 e. The molecule has 2 aromatic heterocycles. The summed E-state index contributed by atoms with van der Waals surface area (Å²) in [6.07, 6.45) is 3.11. The monoisotopic (exact) mass is 402 g/mol. The lowest BCUT2D eigenvalue weighted by atomic mass is 10.2. The molecule has 28 heavy (non-hydrogen) atoms. The Hall–Kier alpha value is -3.40. The van der Waals surface area contributed by atoms with Crippen LogP contribution in [0.25, 0.3) is 0 Å². The van der Waals surface area contributed by atoms with Gasteiger partial charge in [-0.15, -0.1) is 0 Å². The van der Waals surface area contributed by atoms with Gasteiger partial charge in [0.05, 0.1) is 19.9 Å². The van der Waals surface area contributed by atoms with Crippen molar-refractivity contribution in [3.8, 4) is 11.5 Å². The minimum Gasteiger partial charge on any atom is -0.490 e. The van der Waals surface area contributed by atoms with Gasteiger partial charge in [0.25, 0.3) is 0 Å². The number of hydrogen-bond acceptors (Lipinski definition) is 8. The molecule has 0 unspecified atom stereocenters. The summed E-state index contributed by atoms with van der Waals surface area (Å²) in [7, 11) is 1.29. The molecule has 0 atom stereocenters. The summed E-state index contributed by atoms with van der Waals surface area (Å²) in [4.78, 5) is 11.4. The first-order chi connectivity index (χ1) is 13.6. The van der Waals surface area contributed by atoms with E-state index in [4.69, 9.17) is 26.1 Å². The van der Waals surface area contributed by atoms with Crippen LogP contribution in [-0.4, -0.2) is 40.8 Å². The Morgan fingerprint density at radius 1 is 1.32 bits per heavy atom. The third kappa shape index (κ3) is 4.65. The Kier molecular flexibility index (Phi) is 6.22. The number of esters is 1. The quantitative estimate of drug-likeness (QED) is 0.350. The molecule has 0 aliphatic heterocycles. The Balaban J connectivity index is 1.73. The highest BCUT2D eigenvalue weighted by Gasteiger charge is 2.12. The summed E-state index contributed by atoms with van der Waals surface area (Å²) in [6.45, 7) is 2.48. The predicted molar refractivity (Wildman–Crippen MR) is 102 cm³/mol. The highest BCUT2D eigenvalue weighted by molar-refractivity contribution is 7.71. The van der Waals surface area contributed by atoms with Crippen LogP contribution in [0.1, 0.15) is 28.8 Å². The molecule has 3 rings (SSSR count). The number of benzene rings is 1. The molecule has 10 heteroatoms. The lowest BCUT2D eigenvalue weighted by Crippen LogP contribution is -2.01. The number of hydrogen-bond donors (Lipinski definition) is 1. The van der Waals surface area contributed by atoms with Crippen molar-refractivity contribution in [2.24, 2.45) is 5.10 Å². The molecule has 3 aromatic rings. The minimum atomic E-state index is -0.539. The van der Waals surface area contributed by atoms with Crippen molar-refractivity contribution < 1.29 is 23.4 Å². The van der Waals surface area contributed by atoms with Gasteiger partial charge in [0, 0.05) is 0 Å². The van der Waals surface area contributed by atoms with E-state index in [0.29, 0.717) is 28.6 Å². The highest BCUT2D eigenvalue weighted by Crippen LogP contribution is 2.29. The second kappa shape index (κ2) is 9.00. The molecule has 0 spiro atoms. The first-order valence-electron chi connectivity index (χ1n) is 8.33. The summed E-state index contributed by atoms with van der Waals surface area (Å²) in [5.74, 6) is 1.16. The van der Waals surface area contributed by atoms with Crippen molar-refractivity contribution in [2.45, 2.75) is 13.5 Å². The number of carbonyl (C=O) groups is 1. The smallest absolute Gasteiger partial charge is 0.373 e. The SMILES string of the molecule is CCOc1cc(C=Nn2cn[nH]c2=S)ccc1OCc1ccc(C(=O)OC)o1. The van der Waals surface area contributed by atoms with Gasteiger partial charge < -0.3 is 18.6 Å². The summed E-state index contributed by atoms with van der Waals surface area (Å²) >= 11 is 5.04. The molecule has 1 aromatic carbocycles. The van der Waals surface area contributed by atoms with Crippen LogP contribution in [0.15, 0.2) is 46.2 Å². The maximum absolute atomic E-state index is 11.4. The fraction of sp³-hybridized carbons (Fsp3) is 0.222. The molecule has 9 nitrogen and oxygen atoms in total. The van der Waals surface area contributed by atoms with Gasteiger partial charge in [0.1, 0.15) is 18.7 Å². The molecule has 0 aliphatic carbocycles. The molecule has 1 N–H and O–H groups in total. The zero-order valence-corrected chi connectivity index (χ0v) is 16.1. The van der Waals surface area contributed by atoms with Crippen LogP contribution >= 0.6 is 12.2 Å². The fourth-order valence-corrected chi connectivity index (χ4v) is 2.41. The number of rotatable bonds is 8. The van der Waals surface area contributed by atoms with Gasteiger partial charge in [-0.05, 0) is 55.0 Å². The summed E-state index contributed by atoms with van der Waals surface area (Å²) in [5, 5.41) is 10.7. The van der Waals surface area contributed by atoms with Crippen LogP contribution in [0.2, 0.25) is 0 Å². The molecule has 0 saturated carbocycles. The lowest BCUT2D eigenvalue weighted by Gasteiger charge is -2.11. The molecule has 0 bridgehead atoms. The molecular formula is C18H18N4O5S. The van der Waals surface area contributed by atoms with Gasteiger partial charge in [-0.25, -0.2) is 4.79 Å². The highest BCUT2D eigenvalue weighted by atomic mass is 32.1. The number of H-pyrrole nitrogens is 1. The second-order valence-corrected chi connectivity index (χ2v) is 5.82. The van der Waals surface area contributed by atoms with Crippen LogP contribution in [0, 0.1) is 4.77 Å². The van der Waals surface area contributed by atoms with E-state index >= 15 is 0 Å². The van der Waals surface area contributed by atoms with E-state index in [9.17, 15) is 4.79 Å². The molecule has 0 aliphatic rings. The van der Waals surface area contributed by atoms with E-state index in [1.165, 1.54) is 24.2 Å². The van der Waals surface area contributed by atoms with Gasteiger partial charge in [-0.1, -0.05) is 0 Å². The fourth-order valence-electron chi connectivity index (χ4n) is 2.26. The topological polar surface area (TPSA) is 104 Å². The number of methoxy groups -OCH3 is 1. The first-order valence-corrected chi connectivity index (χ1v) is 8.74. The molecule has 0 fully saturated rings. The third-order valence-corrected chi connectivity index (χ3v) is 3.83. The number of nitrogens with one attached hydrogen (secondary N) is 1. The van der Waals surface area contributed by atoms with Crippen LogP contribution in [0.5, 0.6) is 11.5 Å². The zero-order chi connectivity index (χ0) is 19.9. The molecule has 2 heterocycles. The van der Waals surface area contributed by atoms with Crippen molar-refractivity contribution >= 4 is 24.4 Å². The second-order valence-electron chi connectivity index (χ2n) is 5.44. The summed E-state index contributed by atoms with van der Waals surface area (Å²) < 4.78 is 23.3. The van der Waals surface area contributed by atoms with Gasteiger partial charge in [-0.2, -0.15) is 14.9 Å². The van der Waals surface area contributed by atoms with Crippen molar-refractivity contribution in [1.29, 1.82) is 0 Å². The van der Waals surface area contributed by atoms with Crippen LogP contribution < -0.4 is 9.47 Å². The molecule has 0 radical (unpaired) electrons. The Labute approximate surface area is 165 Å². The number of nitrogens with zero attached hydrogens (tertiary/aromatic N) is 3. The van der Waals surface area contributed by atoms with E-state index in [1.54, 1.807) is 24.4 Å². The van der Waals surface area contributed by atoms with Crippen molar-refractivity contribution in [2.75, 3.05) is 13.7 Å². The molecule has 146 valence electrons. The Bertz CT molecular complexity index is 1040. The van der Waals surface area contributed by atoms with Crippen LogP contribution in [0.3, 0.4) is 0 Å². The van der Waals surface area contributed by atoms with E-state index in [1.807, 2.05) is 13.0 Å². The van der Waals surface area contributed by atoms with E-state index in [-0.39, 0.29) is 12.4 Å². The average Bonchev–Trinajstić information content (AvgIpc) is 3.34. The average molecular weight is 402 g/mol. The normalized spacial score (nSPS) is 10.9. The van der Waals surface area contributed by atoms with Gasteiger partial charge in [0.2, 0.25) is 10.5 Å². The number of carbonyl (C=O) groups excluding carboxylic acids is 1. The van der Waals surface area contributed by atoms with Crippen molar-refractivity contribution in [3.63, 3.8) is 0 Å². The number of aromatic nitrogens is 3. The van der Waals surface area contributed by atoms with E-state index < -0.39 is 5.97 Å². The van der Waals surface area contributed by atoms with E-state index in [2.05, 4.69) is 20.0 Å². The Morgan fingerprint density at radius 2 is 2.18 bits per heavy atom. The third-order valence-electron chi connectivity index (χ3n) is 3.55. The molecule has 0 saturated heterocycles. The predicted octanol–water partition coefficient (Wildman–Crippen LogP) is 3.18. The minimum absolute atomic E-state index is 0.121. The van der Waals surface area contributed by atoms with Gasteiger partial charge >= 0.3 is 5.97 Å². The van der Waals surface area contributed by atoms with Gasteiger partial charge in [0.15, 0.2) is 11.5 Å². The maximum Gasteiger partial charge on any atom is 0.373 e. The van der Waals surface area contributed by atoms with Gasteiger partial charge in [-0.3, -0.25) is 5.10 Å². The summed E-state index contributed by atoms with van der Waals surface area (Å²) in [5.41, 5.74) is 0.796. The number of furan rings is 1. The van der Waals surface area contributed by atoms with Crippen molar-refractivity contribution in [1.82, 2.24) is 14.9 Å². The van der Waals surface area contributed by atoms with E-state index in [0.717, 1.165) is 5.56 Å². The lowest BCUT2D eigenvalue weighted by molar-refractivity contribution is 0.0561. The molecular weight excluding hydrogens is 384 g/mol. The van der Waals surface area contributed by atoms with Crippen molar-refractivity contribution in [3.05, 3.63) is 58.5 Å². The summed E-state index contributed by atoms with van der Waals surface area (Å²) in [6, 6.07) is 8.59. The molecule has 0 amide bonds. The maximum atomic E-state index is 11.4. The Morgan fingerprint density at radius 3 is 2.89 bits per heavy atom. The first kappa shape index (κ1) is 19.4. The van der Waals surface area contributed by atoms with Crippen LogP contribution in [-0.2, 0) is 11.3 Å². The zero-order valence-electron chi connectivity index (χ0n) is 15.2. The number of ether oxygens (including phenoxy) is 3. The number of aromatic amines is 1. The standard InChI is InChI=1S/C18H18N4O5S/c1-3-25-16-8-12(9-20-22-11-19-21-18(22)28)4-6-14(16)26-10-13-5-7-15(27-13)17(23)24-2/h4-9,11H,3,10H2,1-2H3,(H,21,28).